The maximum Gasteiger partial charge on any atom is 0.335 e. The molecule has 13 nitrogen and oxygen atoms in total. The molecule has 0 saturated carbocycles. The molecule has 5 aromatic rings. The Kier molecular flexibility index (Phi) is 8.64. The van der Waals surface area contributed by atoms with E-state index in [9.17, 15) is 41.5 Å². The number of pyridine rings is 1. The van der Waals surface area contributed by atoms with Crippen molar-refractivity contribution in [1.29, 1.82) is 0 Å². The Labute approximate surface area is 259 Å². The smallest absolute Gasteiger partial charge is 0.335 e. The highest BCUT2D eigenvalue weighted by Gasteiger charge is 2.27. The molecule has 0 radical (unpaired) electrons. The van der Waals surface area contributed by atoms with Gasteiger partial charge in [0.1, 0.15) is 23.2 Å². The fourth-order valence-electron chi connectivity index (χ4n) is 4.50. The number of rotatable bonds is 10. The van der Waals surface area contributed by atoms with Gasteiger partial charge in [-0.1, -0.05) is 12.1 Å². The first-order chi connectivity index (χ1) is 21.8. The molecular weight excluding hydrogens is 626 g/mol. The molecule has 0 spiro atoms. The molecule has 0 unspecified atom stereocenters. The van der Waals surface area contributed by atoms with E-state index in [-0.39, 0.29) is 12.1 Å². The number of aromatic nitrogens is 4. The number of carboxylic acids is 1. The van der Waals surface area contributed by atoms with Gasteiger partial charge in [0.15, 0.2) is 5.03 Å². The maximum atomic E-state index is 15.0. The summed E-state index contributed by atoms with van der Waals surface area (Å²) in [5.74, 6) is -5.80. The number of benzene rings is 2. The van der Waals surface area contributed by atoms with Gasteiger partial charge in [-0.25, -0.2) is 27.9 Å². The van der Waals surface area contributed by atoms with Crippen molar-refractivity contribution in [1.82, 2.24) is 24.0 Å². The number of anilines is 1. The van der Waals surface area contributed by atoms with Crippen LogP contribution in [-0.2, 0) is 28.3 Å². The normalized spacial score (nSPS) is 12.0. The SMILES string of the molecule is Cn1ccc(=O)n(-c2ccc(C[C@H](NC(=O)c3c(F)cc(NS(=O)(=O)c4ccc(-n5cccc5)cn4)cc3F)C(=O)O)cc2)c1=O. The van der Waals surface area contributed by atoms with Gasteiger partial charge >= 0.3 is 11.7 Å². The highest BCUT2D eigenvalue weighted by Crippen LogP contribution is 2.22. The molecule has 1 atom stereocenters. The first-order valence-corrected chi connectivity index (χ1v) is 14.9. The lowest BCUT2D eigenvalue weighted by Crippen LogP contribution is -2.43. The second-order valence-corrected chi connectivity index (χ2v) is 11.6. The van der Waals surface area contributed by atoms with E-state index in [1.807, 2.05) is 4.72 Å². The highest BCUT2D eigenvalue weighted by atomic mass is 32.2. The lowest BCUT2D eigenvalue weighted by molar-refractivity contribution is -0.139. The van der Waals surface area contributed by atoms with E-state index in [2.05, 4.69) is 10.3 Å². The molecule has 0 aliphatic heterocycles. The quantitative estimate of drug-likeness (QED) is 0.206. The van der Waals surface area contributed by atoms with Crippen LogP contribution in [0.25, 0.3) is 11.4 Å². The van der Waals surface area contributed by atoms with Crippen molar-refractivity contribution in [3.05, 3.63) is 135 Å². The number of carboxylic acid groups (broad SMARTS) is 1. The Morgan fingerprint density at radius 2 is 1.57 bits per heavy atom. The van der Waals surface area contributed by atoms with Crippen LogP contribution in [0.1, 0.15) is 15.9 Å². The summed E-state index contributed by atoms with van der Waals surface area (Å²) in [5, 5.41) is 11.3. The molecule has 0 aliphatic carbocycles. The molecule has 3 N–H and O–H groups in total. The number of hydrogen-bond donors (Lipinski definition) is 3. The summed E-state index contributed by atoms with van der Waals surface area (Å²) in [4.78, 5) is 53.2. The summed E-state index contributed by atoms with van der Waals surface area (Å²) in [6.45, 7) is 0. The molecule has 46 heavy (non-hydrogen) atoms. The Bertz CT molecular complexity index is 2140. The average Bonchev–Trinajstić information content (AvgIpc) is 3.54. The van der Waals surface area contributed by atoms with Crippen LogP contribution in [0.3, 0.4) is 0 Å². The van der Waals surface area contributed by atoms with Gasteiger partial charge in [-0.15, -0.1) is 0 Å². The molecule has 0 fully saturated rings. The number of nitrogens with one attached hydrogen (secondary N) is 2. The summed E-state index contributed by atoms with van der Waals surface area (Å²) in [6, 6.07) is 12.6. The summed E-state index contributed by atoms with van der Waals surface area (Å²) in [7, 11) is -2.91. The number of hydrogen-bond acceptors (Lipinski definition) is 7. The minimum atomic E-state index is -4.38. The maximum absolute atomic E-state index is 15.0. The predicted molar refractivity (Wildman–Crippen MR) is 161 cm³/mol. The van der Waals surface area contributed by atoms with Gasteiger partial charge in [0.25, 0.3) is 21.5 Å². The molecule has 16 heteroatoms. The van der Waals surface area contributed by atoms with Crippen LogP contribution >= 0.6 is 0 Å². The van der Waals surface area contributed by atoms with Crippen molar-refractivity contribution in [3.63, 3.8) is 0 Å². The second-order valence-electron chi connectivity index (χ2n) is 9.98. The van der Waals surface area contributed by atoms with Crippen molar-refractivity contribution >= 4 is 27.6 Å². The molecule has 3 aromatic heterocycles. The largest absolute Gasteiger partial charge is 0.480 e. The summed E-state index contributed by atoms with van der Waals surface area (Å²) in [6.07, 6.45) is 5.74. The van der Waals surface area contributed by atoms with Gasteiger partial charge in [0.05, 0.1) is 23.3 Å². The summed E-state index contributed by atoms with van der Waals surface area (Å²) >= 11 is 0. The van der Waals surface area contributed by atoms with E-state index in [1.165, 1.54) is 66.5 Å². The fourth-order valence-corrected chi connectivity index (χ4v) is 5.47. The van der Waals surface area contributed by atoms with Gasteiger partial charge < -0.3 is 19.6 Å². The predicted octanol–water partition coefficient (Wildman–Crippen LogP) is 2.23. The van der Waals surface area contributed by atoms with Crippen LogP contribution in [0.4, 0.5) is 14.5 Å². The van der Waals surface area contributed by atoms with E-state index in [0.29, 0.717) is 23.4 Å². The van der Waals surface area contributed by atoms with Crippen LogP contribution in [0.15, 0.2) is 106 Å². The number of sulfonamides is 1. The van der Waals surface area contributed by atoms with Crippen LogP contribution in [0, 0.1) is 11.6 Å². The number of carbonyl (C=O) groups is 2. The van der Waals surface area contributed by atoms with E-state index in [4.69, 9.17) is 0 Å². The van der Waals surface area contributed by atoms with Crippen LogP contribution < -0.4 is 21.3 Å². The van der Waals surface area contributed by atoms with Gasteiger partial charge in [-0.05, 0) is 54.1 Å². The number of aryl methyl sites for hydroxylation is 1. The number of nitrogens with zero attached hydrogens (tertiary/aromatic N) is 4. The number of aliphatic carboxylic acids is 1. The molecule has 0 saturated heterocycles. The lowest BCUT2D eigenvalue weighted by Gasteiger charge is -2.16. The van der Waals surface area contributed by atoms with Gasteiger partial charge in [-0.3, -0.25) is 14.3 Å². The van der Waals surface area contributed by atoms with E-state index >= 15 is 0 Å². The second kappa shape index (κ2) is 12.6. The molecule has 0 aliphatic rings. The van der Waals surface area contributed by atoms with Crippen LogP contribution in [0.2, 0.25) is 0 Å². The fraction of sp³-hybridized carbons (Fsp3) is 0.100. The zero-order chi connectivity index (χ0) is 33.2. The Balaban J connectivity index is 1.30. The van der Waals surface area contributed by atoms with Crippen LogP contribution in [-0.4, -0.2) is 50.1 Å². The first-order valence-electron chi connectivity index (χ1n) is 13.4. The topological polar surface area (TPSA) is 174 Å². The monoisotopic (exact) mass is 650 g/mol. The van der Waals surface area contributed by atoms with Crippen molar-refractivity contribution in [2.24, 2.45) is 7.05 Å². The zero-order valence-corrected chi connectivity index (χ0v) is 24.6. The molecule has 3 heterocycles. The molecule has 0 bridgehead atoms. The van der Waals surface area contributed by atoms with Crippen molar-refractivity contribution in [3.8, 4) is 11.4 Å². The van der Waals surface area contributed by atoms with Gasteiger partial charge in [-0.2, -0.15) is 8.42 Å². The standard InChI is InChI=1S/C30H24F2N6O7S/c1-36-13-10-26(39)38(30(36)43)20-6-4-18(5-7-20)14-24(29(41)42)34-28(40)27-22(31)15-19(16-23(27)32)35-46(44,45)25-9-8-21(17-33-25)37-11-2-3-12-37/h2-13,15-17,24,35H,14H2,1H3,(H,34,40)(H,41,42)/t24-/m0/s1. The van der Waals surface area contributed by atoms with E-state index < -0.39 is 67.1 Å². The van der Waals surface area contributed by atoms with Gasteiger partial charge in [0.2, 0.25) is 0 Å². The average molecular weight is 651 g/mol. The minimum absolute atomic E-state index is 0.218. The van der Waals surface area contributed by atoms with E-state index in [1.54, 1.807) is 29.1 Å². The third kappa shape index (κ3) is 6.61. The Morgan fingerprint density at radius 3 is 2.15 bits per heavy atom. The van der Waals surface area contributed by atoms with Crippen molar-refractivity contribution in [2.75, 3.05) is 4.72 Å². The lowest BCUT2D eigenvalue weighted by atomic mass is 10.0. The third-order valence-corrected chi connectivity index (χ3v) is 8.11. The Morgan fingerprint density at radius 1 is 0.935 bits per heavy atom. The molecule has 1 amide bonds. The summed E-state index contributed by atoms with van der Waals surface area (Å²) < 4.78 is 61.3. The molecule has 236 valence electrons. The van der Waals surface area contributed by atoms with Crippen molar-refractivity contribution < 1.29 is 31.9 Å². The number of halogens is 2. The first kappa shape index (κ1) is 31.5. The third-order valence-electron chi connectivity index (χ3n) is 6.81. The molecule has 2 aromatic carbocycles. The minimum Gasteiger partial charge on any atom is -0.480 e. The number of amides is 1. The molecule has 5 rings (SSSR count). The number of carbonyl (C=O) groups excluding carboxylic acids is 1. The van der Waals surface area contributed by atoms with Gasteiger partial charge in [0, 0.05) is 38.1 Å². The van der Waals surface area contributed by atoms with Crippen molar-refractivity contribution in [2.45, 2.75) is 17.5 Å². The summed E-state index contributed by atoms with van der Waals surface area (Å²) in [5.41, 5.74) is -1.69. The highest BCUT2D eigenvalue weighted by molar-refractivity contribution is 7.92. The van der Waals surface area contributed by atoms with E-state index in [0.717, 1.165) is 4.57 Å². The zero-order valence-electron chi connectivity index (χ0n) is 23.8. The molecular formula is C30H24F2N6O7S. The van der Waals surface area contributed by atoms with Crippen LogP contribution in [0.5, 0.6) is 0 Å². The Hall–Kier alpha value is -5.90.